The Morgan fingerprint density at radius 2 is 1.79 bits per heavy atom. The zero-order valence-electron chi connectivity index (χ0n) is 15.3. The summed E-state index contributed by atoms with van der Waals surface area (Å²) in [6, 6.07) is 5.76. The van der Waals surface area contributed by atoms with E-state index in [4.69, 9.17) is 25.6 Å². The van der Waals surface area contributed by atoms with Crippen molar-refractivity contribution in [2.75, 3.05) is 6.61 Å². The minimum Gasteiger partial charge on any atom is -0.466 e. The van der Waals surface area contributed by atoms with E-state index in [0.717, 1.165) is 11.1 Å². The maximum absolute atomic E-state index is 12.1. The van der Waals surface area contributed by atoms with E-state index in [1.807, 2.05) is 52.8 Å². The first kappa shape index (κ1) is 19.3. The van der Waals surface area contributed by atoms with Crippen LogP contribution >= 0.6 is 11.6 Å². The molecule has 1 fully saturated rings. The molecule has 1 aromatic rings. The second-order valence-electron chi connectivity index (χ2n) is 7.30. The molecular weight excluding hydrogens is 326 g/mol. The second-order valence-corrected chi connectivity index (χ2v) is 7.74. The molecule has 6 heteroatoms. The Kier molecular flexibility index (Phi) is 5.68. The summed E-state index contributed by atoms with van der Waals surface area (Å²) in [5, 5.41) is 0.635. The fraction of sp³-hybridized carbons (Fsp3) is 0.611. The fourth-order valence-corrected chi connectivity index (χ4v) is 3.10. The smallest absolute Gasteiger partial charge is 0.466 e. The van der Waals surface area contributed by atoms with E-state index < -0.39 is 18.3 Å². The van der Waals surface area contributed by atoms with Gasteiger partial charge >= 0.3 is 13.1 Å². The molecule has 0 bridgehead atoms. The van der Waals surface area contributed by atoms with Crippen LogP contribution in [-0.2, 0) is 18.8 Å². The summed E-state index contributed by atoms with van der Waals surface area (Å²) in [5.74, 6) is -0.544. The molecule has 132 valence electrons. The maximum Gasteiger partial charge on any atom is 0.466 e. The average molecular weight is 353 g/mol. The Hall–Kier alpha value is -1.04. The van der Waals surface area contributed by atoms with Crippen molar-refractivity contribution in [2.45, 2.75) is 65.0 Å². The van der Waals surface area contributed by atoms with Crippen LogP contribution in [-0.4, -0.2) is 30.9 Å². The SMILES string of the molecule is CCOC(=O)CC(B1OC(C)(C)C(C)(C)O1)c1cc(C)cc(Cl)c1. The van der Waals surface area contributed by atoms with E-state index in [0.29, 0.717) is 11.6 Å². The number of carbonyl (C=O) groups is 1. The van der Waals surface area contributed by atoms with Crippen molar-refractivity contribution in [3.05, 3.63) is 34.3 Å². The van der Waals surface area contributed by atoms with Crippen LogP contribution in [0, 0.1) is 6.92 Å². The normalized spacial score (nSPS) is 20.0. The van der Waals surface area contributed by atoms with E-state index in [9.17, 15) is 4.79 Å². The molecule has 0 spiro atoms. The minimum absolute atomic E-state index is 0.185. The molecule has 1 atom stereocenters. The van der Waals surface area contributed by atoms with Gasteiger partial charge in [-0.15, -0.1) is 0 Å². The molecule has 2 rings (SSSR count). The van der Waals surface area contributed by atoms with Crippen molar-refractivity contribution in [1.82, 2.24) is 0 Å². The highest BCUT2D eigenvalue weighted by atomic mass is 35.5. The Labute approximate surface area is 150 Å². The first-order chi connectivity index (χ1) is 11.1. The summed E-state index contributed by atoms with van der Waals surface area (Å²) in [4.78, 5) is 12.1. The van der Waals surface area contributed by atoms with Crippen LogP contribution in [0.15, 0.2) is 18.2 Å². The van der Waals surface area contributed by atoms with Crippen LogP contribution in [0.1, 0.15) is 58.0 Å². The highest BCUT2D eigenvalue weighted by molar-refractivity contribution is 6.48. The largest absolute Gasteiger partial charge is 0.466 e. The van der Waals surface area contributed by atoms with Crippen LogP contribution in [0.25, 0.3) is 0 Å². The maximum atomic E-state index is 12.1. The van der Waals surface area contributed by atoms with Gasteiger partial charge in [0, 0.05) is 10.8 Å². The third kappa shape index (κ3) is 4.13. The summed E-state index contributed by atoms with van der Waals surface area (Å²) >= 11 is 6.21. The Morgan fingerprint density at radius 1 is 1.21 bits per heavy atom. The van der Waals surface area contributed by atoms with Crippen molar-refractivity contribution >= 4 is 24.7 Å². The number of esters is 1. The molecule has 0 aromatic heterocycles. The molecule has 1 aliphatic rings. The lowest BCUT2D eigenvalue weighted by atomic mass is 9.66. The standard InChI is InChI=1S/C18H26BClO4/c1-7-22-16(21)11-15(13-8-12(2)9-14(20)10-13)19-23-17(3,4)18(5,6)24-19/h8-10,15H,7,11H2,1-6H3. The number of carbonyl (C=O) groups excluding carboxylic acids is 1. The zero-order valence-corrected chi connectivity index (χ0v) is 16.1. The van der Waals surface area contributed by atoms with Gasteiger partial charge in [0.25, 0.3) is 0 Å². The number of benzene rings is 1. The van der Waals surface area contributed by atoms with Crippen molar-refractivity contribution in [1.29, 1.82) is 0 Å². The molecule has 1 saturated heterocycles. The molecule has 0 aliphatic carbocycles. The van der Waals surface area contributed by atoms with Crippen molar-refractivity contribution in [2.24, 2.45) is 0 Å². The summed E-state index contributed by atoms with van der Waals surface area (Å²) in [6.07, 6.45) is 0.185. The predicted octanol–water partition coefficient (Wildman–Crippen LogP) is 4.32. The van der Waals surface area contributed by atoms with Gasteiger partial charge in [-0.3, -0.25) is 4.79 Å². The summed E-state index contributed by atoms with van der Waals surface area (Å²) in [6.45, 7) is 12.1. The molecule has 4 nitrogen and oxygen atoms in total. The van der Waals surface area contributed by atoms with E-state index in [1.54, 1.807) is 6.92 Å². The van der Waals surface area contributed by atoms with Gasteiger partial charge < -0.3 is 14.0 Å². The third-order valence-corrected chi connectivity index (χ3v) is 5.00. The monoisotopic (exact) mass is 352 g/mol. The first-order valence-corrected chi connectivity index (χ1v) is 8.72. The van der Waals surface area contributed by atoms with Crippen LogP contribution in [0.3, 0.4) is 0 Å². The van der Waals surface area contributed by atoms with Crippen LogP contribution in [0.4, 0.5) is 0 Å². The molecule has 1 aromatic carbocycles. The van der Waals surface area contributed by atoms with Crippen molar-refractivity contribution in [3.8, 4) is 0 Å². The predicted molar refractivity (Wildman–Crippen MR) is 96.3 cm³/mol. The van der Waals surface area contributed by atoms with Gasteiger partial charge in [-0.25, -0.2) is 0 Å². The van der Waals surface area contributed by atoms with Gasteiger partial charge in [0.2, 0.25) is 0 Å². The Bertz CT molecular complexity index is 579. The van der Waals surface area contributed by atoms with Gasteiger partial charge in [0.15, 0.2) is 0 Å². The molecule has 1 aliphatic heterocycles. The second kappa shape index (κ2) is 7.07. The molecule has 0 saturated carbocycles. The van der Waals surface area contributed by atoms with Gasteiger partial charge in [-0.2, -0.15) is 0 Å². The number of ether oxygens (including phenoxy) is 1. The summed E-state index contributed by atoms with van der Waals surface area (Å²) < 4.78 is 17.5. The van der Waals surface area contributed by atoms with E-state index in [1.165, 1.54) is 0 Å². The van der Waals surface area contributed by atoms with Crippen LogP contribution < -0.4 is 0 Å². The molecule has 0 N–H and O–H groups in total. The summed E-state index contributed by atoms with van der Waals surface area (Å²) in [5.41, 5.74) is 1.03. The average Bonchev–Trinajstić information content (AvgIpc) is 2.63. The van der Waals surface area contributed by atoms with E-state index in [-0.39, 0.29) is 18.2 Å². The lowest BCUT2D eigenvalue weighted by molar-refractivity contribution is -0.143. The Balaban J connectivity index is 2.35. The van der Waals surface area contributed by atoms with E-state index in [2.05, 4.69) is 0 Å². The molecule has 0 radical (unpaired) electrons. The summed E-state index contributed by atoms with van der Waals surface area (Å²) in [7, 11) is -0.530. The zero-order chi connectivity index (χ0) is 18.1. The highest BCUT2D eigenvalue weighted by Crippen LogP contribution is 2.42. The van der Waals surface area contributed by atoms with Crippen molar-refractivity contribution < 1.29 is 18.8 Å². The quantitative estimate of drug-likeness (QED) is 0.585. The number of aryl methyl sites for hydroxylation is 1. The molecule has 1 heterocycles. The van der Waals surface area contributed by atoms with Crippen molar-refractivity contribution in [3.63, 3.8) is 0 Å². The number of hydrogen-bond acceptors (Lipinski definition) is 4. The fourth-order valence-electron chi connectivity index (χ4n) is 2.80. The lowest BCUT2D eigenvalue weighted by Gasteiger charge is -2.32. The van der Waals surface area contributed by atoms with Gasteiger partial charge in [0.05, 0.1) is 24.2 Å². The highest BCUT2D eigenvalue weighted by Gasteiger charge is 2.54. The van der Waals surface area contributed by atoms with Crippen LogP contribution in [0.2, 0.25) is 5.02 Å². The topological polar surface area (TPSA) is 44.8 Å². The minimum atomic E-state index is -0.530. The van der Waals surface area contributed by atoms with E-state index >= 15 is 0 Å². The molecule has 24 heavy (non-hydrogen) atoms. The molecule has 1 unspecified atom stereocenters. The number of hydrogen-bond donors (Lipinski definition) is 0. The molecule has 0 amide bonds. The first-order valence-electron chi connectivity index (χ1n) is 8.34. The van der Waals surface area contributed by atoms with Crippen LogP contribution in [0.5, 0.6) is 0 Å². The number of rotatable bonds is 5. The van der Waals surface area contributed by atoms with Gasteiger partial charge in [-0.1, -0.05) is 17.7 Å². The molecular formula is C18H26BClO4. The number of halogens is 1. The van der Waals surface area contributed by atoms with Gasteiger partial charge in [-0.05, 0) is 64.8 Å². The Morgan fingerprint density at radius 3 is 2.29 bits per heavy atom. The third-order valence-electron chi connectivity index (χ3n) is 4.78. The lowest BCUT2D eigenvalue weighted by Crippen LogP contribution is -2.41. The van der Waals surface area contributed by atoms with Gasteiger partial charge in [0.1, 0.15) is 0 Å².